The Bertz CT molecular complexity index is 4660. The van der Waals surface area contributed by atoms with Crippen molar-refractivity contribution in [3.8, 4) is 45.0 Å². The number of hydrogen-bond acceptors (Lipinski definition) is 2. The summed E-state index contributed by atoms with van der Waals surface area (Å²) in [7, 11) is 0. The average Bonchev–Trinajstić information content (AvgIpc) is 0.829. The Balaban J connectivity index is 1.18. The van der Waals surface area contributed by atoms with Gasteiger partial charge in [-0.05, 0) is 55.9 Å². The Kier molecular flexibility index (Phi) is 16.3. The molecule has 0 unspecified atom stereocenters. The summed E-state index contributed by atoms with van der Waals surface area (Å²) in [5, 5.41) is 3.33. The maximum absolute atomic E-state index is 17.3. The van der Waals surface area contributed by atoms with E-state index >= 15 is 70.2 Å². The summed E-state index contributed by atoms with van der Waals surface area (Å²) in [5.74, 6) is -127. The van der Waals surface area contributed by atoms with E-state index in [1.165, 1.54) is 48.5 Å². The number of rotatable bonds is 18. The summed E-state index contributed by atoms with van der Waals surface area (Å²) < 4.78 is 511. The maximum Gasteiger partial charge on any atom is 0.460 e. The second-order valence-corrected chi connectivity index (χ2v) is 22.9. The Hall–Kier alpha value is -9.42. The number of nitrogens with zero attached hydrogens (tertiary/aromatic N) is 2. The van der Waals surface area contributed by atoms with Gasteiger partial charge in [0.1, 0.15) is 11.6 Å². The molecular weight excluding hydrogens is 1470 g/mol. The van der Waals surface area contributed by atoms with E-state index < -0.39 is 164 Å². The van der Waals surface area contributed by atoms with Crippen molar-refractivity contribution in [3.63, 3.8) is 0 Å². The van der Waals surface area contributed by atoms with Crippen LogP contribution in [-0.4, -0.2) is 103 Å². The third-order valence-corrected chi connectivity index (χ3v) is 17.0. The van der Waals surface area contributed by atoms with Gasteiger partial charge in [-0.3, -0.25) is 0 Å². The molecule has 9 aromatic carbocycles. The lowest BCUT2D eigenvalue weighted by molar-refractivity contribution is -0.462. The zero-order valence-electron chi connectivity index (χ0n) is 48.8. The van der Waals surface area contributed by atoms with Gasteiger partial charge in [0.2, 0.25) is 0 Å². The van der Waals surface area contributed by atoms with E-state index in [-0.39, 0.29) is 46.3 Å². The first-order chi connectivity index (χ1) is 46.5. The van der Waals surface area contributed by atoms with Crippen molar-refractivity contribution in [2.45, 2.75) is 95.3 Å². The first-order valence-corrected chi connectivity index (χ1v) is 27.9. The smallest absolute Gasteiger partial charge is 0.337 e. The van der Waals surface area contributed by atoms with Crippen LogP contribution in [0.3, 0.4) is 0 Å². The molecule has 0 fully saturated rings. The molecule has 4 nitrogen and oxygen atoms in total. The largest absolute Gasteiger partial charge is 0.460 e. The zero-order valence-corrected chi connectivity index (χ0v) is 48.8. The molecule has 0 amide bonds. The fraction of sp³-hybridized carbons (Fsp3) is 0.250. The molecule has 11 aromatic rings. The topological polar surface area (TPSA) is 57.4 Å². The van der Waals surface area contributed by atoms with Gasteiger partial charge in [0.05, 0.1) is 22.1 Å². The lowest BCUT2D eigenvalue weighted by atomic mass is 9.80. The first kappa shape index (κ1) is 73.8. The van der Waals surface area contributed by atoms with Crippen molar-refractivity contribution in [3.05, 3.63) is 169 Å². The number of halogens is 34. The molecule has 102 heavy (non-hydrogen) atoms. The summed E-state index contributed by atoms with van der Waals surface area (Å²) in [6.07, 6.45) is -16.5. The number of benzene rings is 9. The van der Waals surface area contributed by atoms with Gasteiger partial charge >= 0.3 is 95.3 Å². The second kappa shape index (κ2) is 22.5. The lowest BCUT2D eigenvalue weighted by Gasteiger charge is -2.43. The molecule has 0 saturated heterocycles. The minimum absolute atomic E-state index is 0.0347. The highest BCUT2D eigenvalue weighted by atomic mass is 19.4. The van der Waals surface area contributed by atoms with Crippen LogP contribution in [0.15, 0.2) is 158 Å². The Morgan fingerprint density at radius 2 is 0.422 bits per heavy atom. The van der Waals surface area contributed by atoms with Gasteiger partial charge in [0, 0.05) is 43.8 Å². The van der Waals surface area contributed by atoms with E-state index in [0.29, 0.717) is 67.4 Å². The van der Waals surface area contributed by atoms with Crippen molar-refractivity contribution in [2.75, 3.05) is 0 Å². The number of fused-ring (bicyclic) bond motifs is 12. The Morgan fingerprint density at radius 1 is 0.216 bits per heavy atom. The van der Waals surface area contributed by atoms with Crippen LogP contribution >= 0.6 is 0 Å². The standard InChI is InChI=1S/C64H28F34N4/c65-49(66,51(69,70)53(73,74)55(77,78)57(81,82)59(85,86)61(89,90)63(93,94)95)41-26-40(28-19-23-30(24-20-28)48-101-45-37-15-7-3-11-33(37)34-12-4-8-16-38(34)46(45)102-48)42(50(67,68)52(71,72)54(75,76)56(79,80)58(83,84)60(87,88)62(91,92)64(96,97)98)25-39(41)27-17-21-29(22-18-27)47-99-43-35-13-5-1-9-31(35)32-10-2-6-14-36(32)44(43)100-47/h1-26H,(H,99,100)(H,101,102). The Morgan fingerprint density at radius 3 is 0.676 bits per heavy atom. The van der Waals surface area contributed by atoms with E-state index in [1.807, 2.05) is 0 Å². The first-order valence-electron chi connectivity index (χ1n) is 27.9. The summed E-state index contributed by atoms with van der Waals surface area (Å²) >= 11 is 0. The van der Waals surface area contributed by atoms with Crippen LogP contribution < -0.4 is 0 Å². The summed E-state index contributed by atoms with van der Waals surface area (Å²) in [6, 6.07) is 23.5. The zero-order chi connectivity index (χ0) is 75.9. The number of hydrogen-bond donors (Lipinski definition) is 2. The Labute approximate surface area is 542 Å². The number of aromatic amines is 2. The summed E-state index contributed by atoms with van der Waals surface area (Å²) in [6.45, 7) is 0. The molecule has 0 aliphatic rings. The van der Waals surface area contributed by atoms with Crippen molar-refractivity contribution in [1.29, 1.82) is 0 Å². The van der Waals surface area contributed by atoms with Crippen molar-refractivity contribution < 1.29 is 149 Å². The number of alkyl halides is 34. The van der Waals surface area contributed by atoms with Crippen LogP contribution in [0.4, 0.5) is 149 Å². The SMILES string of the molecule is FC(F)(F)C(F)(F)C(F)(F)C(F)(F)C(F)(F)C(F)(F)C(F)(F)C(F)(F)c1cc(-c2ccc(-c3nc4c5ccccc5c5ccccc5c4[nH]3)cc2)c(C(F)(F)C(F)(F)C(F)(F)C(F)(F)C(F)(F)C(F)(F)C(F)(F)C(F)(F)F)cc1-c1ccc(-c2nc3c4ccccc4c4ccccc4c3[nH]2)cc1. The maximum atomic E-state index is 17.3. The van der Waals surface area contributed by atoms with Crippen LogP contribution in [0.2, 0.25) is 0 Å². The van der Waals surface area contributed by atoms with Crippen molar-refractivity contribution in [1.82, 2.24) is 19.9 Å². The molecule has 2 N–H and O–H groups in total. The molecule has 0 radical (unpaired) electrons. The molecule has 0 saturated carbocycles. The predicted molar refractivity (Wildman–Crippen MR) is 297 cm³/mol. The predicted octanol–water partition coefficient (Wildman–Crippen LogP) is 23.7. The monoisotopic (exact) mass is 1500 g/mol. The summed E-state index contributed by atoms with van der Waals surface area (Å²) in [4.78, 5) is 14.3. The van der Waals surface area contributed by atoms with Crippen LogP contribution in [0.5, 0.6) is 0 Å². The molecule has 2 aromatic heterocycles. The van der Waals surface area contributed by atoms with Gasteiger partial charge in [-0.2, -0.15) is 149 Å². The van der Waals surface area contributed by atoms with Crippen molar-refractivity contribution in [2.24, 2.45) is 0 Å². The quantitative estimate of drug-likeness (QED) is 0.0664. The highest BCUT2D eigenvalue weighted by Crippen LogP contribution is 2.69. The van der Waals surface area contributed by atoms with Gasteiger partial charge in [-0.25, -0.2) is 9.97 Å². The molecule has 2 heterocycles. The lowest BCUT2D eigenvalue weighted by Crippen LogP contribution is -2.74. The van der Waals surface area contributed by atoms with Crippen LogP contribution in [0.1, 0.15) is 11.1 Å². The molecule has 542 valence electrons. The van der Waals surface area contributed by atoms with E-state index in [1.54, 1.807) is 48.5 Å². The van der Waals surface area contributed by atoms with Crippen LogP contribution in [0.25, 0.3) is 110 Å². The van der Waals surface area contributed by atoms with E-state index in [2.05, 4.69) is 19.9 Å². The highest BCUT2D eigenvalue weighted by molar-refractivity contribution is 6.24. The highest BCUT2D eigenvalue weighted by Gasteiger charge is 2.97. The summed E-state index contributed by atoms with van der Waals surface area (Å²) in [5.41, 5.74) is -17.4. The molecule has 0 aliphatic heterocycles. The molecule has 0 spiro atoms. The molecule has 0 atom stereocenters. The van der Waals surface area contributed by atoms with Gasteiger partial charge in [-0.15, -0.1) is 0 Å². The number of imidazole rings is 2. The third kappa shape index (κ3) is 9.78. The van der Waals surface area contributed by atoms with Crippen LogP contribution in [-0.2, 0) is 11.8 Å². The molecule has 0 bridgehead atoms. The normalized spacial score (nSPS) is 14.8. The van der Waals surface area contributed by atoms with E-state index in [4.69, 9.17) is 0 Å². The molecular formula is C64H28F34N4. The number of nitrogens with one attached hydrogen (secondary N) is 2. The van der Waals surface area contributed by atoms with E-state index in [0.717, 1.165) is 0 Å². The van der Waals surface area contributed by atoms with Gasteiger partial charge in [0.25, 0.3) is 0 Å². The van der Waals surface area contributed by atoms with Crippen molar-refractivity contribution >= 4 is 65.2 Å². The number of H-pyrrole nitrogens is 2. The molecule has 11 rings (SSSR count). The van der Waals surface area contributed by atoms with E-state index in [9.17, 15) is 79.0 Å². The van der Waals surface area contributed by atoms with Crippen LogP contribution in [0, 0.1) is 0 Å². The van der Waals surface area contributed by atoms with Gasteiger partial charge in [0.15, 0.2) is 0 Å². The molecule has 0 aliphatic carbocycles. The fourth-order valence-corrected chi connectivity index (χ4v) is 11.4. The third-order valence-electron chi connectivity index (χ3n) is 17.0. The second-order valence-electron chi connectivity index (χ2n) is 22.9. The fourth-order valence-electron chi connectivity index (χ4n) is 11.4. The average molecular weight is 1500 g/mol. The van der Waals surface area contributed by atoms with Gasteiger partial charge in [-0.1, -0.05) is 146 Å². The minimum atomic E-state index is -9.42. The molecule has 38 heteroatoms. The number of aromatic nitrogens is 4. The van der Waals surface area contributed by atoms with Gasteiger partial charge < -0.3 is 9.97 Å². The minimum Gasteiger partial charge on any atom is -0.337 e.